The van der Waals surface area contributed by atoms with Gasteiger partial charge in [-0.15, -0.1) is 5.10 Å². The zero-order valence-electron chi connectivity index (χ0n) is 5.24. The van der Waals surface area contributed by atoms with Crippen molar-refractivity contribution in [3.8, 4) is 0 Å². The Morgan fingerprint density at radius 2 is 2.60 bits per heavy atom. The van der Waals surface area contributed by atoms with Crippen molar-refractivity contribution >= 4 is 17.7 Å². The van der Waals surface area contributed by atoms with Crippen molar-refractivity contribution in [1.29, 1.82) is 0 Å². The highest BCUT2D eigenvalue weighted by Crippen LogP contribution is 2.21. The molecular weight excluding hydrogens is 148 g/mol. The van der Waals surface area contributed by atoms with Crippen LogP contribution in [0.3, 0.4) is 0 Å². The maximum atomic E-state index is 5.37. The molecule has 0 fully saturated rings. The molecule has 10 heavy (non-hydrogen) atoms. The lowest BCUT2D eigenvalue weighted by atomic mass is 10.5. The van der Waals surface area contributed by atoms with Gasteiger partial charge in [-0.05, 0) is 0 Å². The summed E-state index contributed by atoms with van der Waals surface area (Å²) in [5, 5.41) is 4.85. The number of hydrogen-bond acceptors (Lipinski definition) is 4. The number of hydrogen-bond donors (Lipinski definition) is 1. The average molecular weight is 154 g/mol. The van der Waals surface area contributed by atoms with Gasteiger partial charge in [-0.1, -0.05) is 11.8 Å². The number of aromatic nitrogens is 3. The van der Waals surface area contributed by atoms with Crippen molar-refractivity contribution in [1.82, 2.24) is 14.8 Å². The first-order chi connectivity index (χ1) is 4.86. The van der Waals surface area contributed by atoms with Crippen molar-refractivity contribution in [2.75, 3.05) is 11.5 Å². The molecule has 1 aromatic heterocycles. The molecule has 0 unspecified atom stereocenters. The van der Waals surface area contributed by atoms with Gasteiger partial charge < -0.3 is 5.73 Å². The molecule has 2 rings (SSSR count). The van der Waals surface area contributed by atoms with Crippen LogP contribution in [0.4, 0.5) is 5.95 Å². The van der Waals surface area contributed by atoms with Crippen LogP contribution >= 0.6 is 11.8 Å². The van der Waals surface area contributed by atoms with E-state index in [2.05, 4.69) is 16.5 Å². The maximum Gasteiger partial charge on any atom is 0.240 e. The van der Waals surface area contributed by atoms with Crippen molar-refractivity contribution in [2.24, 2.45) is 0 Å². The first kappa shape index (κ1) is 6.03. The SMILES string of the molecule is Nc1nc2n(n1)C[C]CS2. The summed E-state index contributed by atoms with van der Waals surface area (Å²) in [6.45, 7) is 0.715. The number of fused-ring (bicyclic) bond motifs is 1. The van der Waals surface area contributed by atoms with Gasteiger partial charge in [-0.25, -0.2) is 4.68 Å². The Morgan fingerprint density at radius 1 is 1.70 bits per heavy atom. The average Bonchev–Trinajstić information content (AvgIpc) is 2.27. The largest absolute Gasteiger partial charge is 0.366 e. The van der Waals surface area contributed by atoms with E-state index in [0.29, 0.717) is 12.5 Å². The van der Waals surface area contributed by atoms with Gasteiger partial charge in [-0.3, -0.25) is 0 Å². The molecule has 0 spiro atoms. The van der Waals surface area contributed by atoms with Crippen molar-refractivity contribution < 1.29 is 0 Å². The molecule has 2 N–H and O–H groups in total. The smallest absolute Gasteiger partial charge is 0.240 e. The number of nitrogens with two attached hydrogens (primary N) is 1. The van der Waals surface area contributed by atoms with Gasteiger partial charge in [0.2, 0.25) is 5.95 Å². The molecule has 0 saturated carbocycles. The minimum absolute atomic E-state index is 0.353. The number of nitrogens with zero attached hydrogens (tertiary/aromatic N) is 3. The third-order valence-corrected chi connectivity index (χ3v) is 2.13. The first-order valence-electron chi connectivity index (χ1n) is 2.90. The number of thioether (sulfide) groups is 1. The Bertz CT molecular complexity index is 220. The van der Waals surface area contributed by atoms with Gasteiger partial charge in [0.25, 0.3) is 0 Å². The quantitative estimate of drug-likeness (QED) is 0.573. The van der Waals surface area contributed by atoms with E-state index >= 15 is 0 Å². The first-order valence-corrected chi connectivity index (χ1v) is 3.88. The van der Waals surface area contributed by atoms with Crippen molar-refractivity contribution in [3.63, 3.8) is 0 Å². The van der Waals surface area contributed by atoms with Crippen LogP contribution in [0.5, 0.6) is 0 Å². The fourth-order valence-electron chi connectivity index (χ4n) is 0.821. The van der Waals surface area contributed by atoms with Crippen LogP contribution < -0.4 is 5.73 Å². The monoisotopic (exact) mass is 154 g/mol. The predicted molar refractivity (Wildman–Crippen MR) is 38.4 cm³/mol. The normalized spacial score (nSPS) is 16.8. The van der Waals surface area contributed by atoms with Gasteiger partial charge in [-0.2, -0.15) is 4.98 Å². The van der Waals surface area contributed by atoms with E-state index in [1.807, 2.05) is 0 Å². The van der Waals surface area contributed by atoms with Gasteiger partial charge in [0.15, 0.2) is 5.16 Å². The highest BCUT2D eigenvalue weighted by atomic mass is 32.2. The Balaban J connectivity index is 2.41. The summed E-state index contributed by atoms with van der Waals surface area (Å²) in [5.74, 6) is 1.24. The topological polar surface area (TPSA) is 56.7 Å². The summed E-state index contributed by atoms with van der Waals surface area (Å²) in [7, 11) is 0. The van der Waals surface area contributed by atoms with Crippen LogP contribution in [-0.2, 0) is 6.54 Å². The van der Waals surface area contributed by atoms with Crippen molar-refractivity contribution in [2.45, 2.75) is 11.7 Å². The second-order valence-electron chi connectivity index (χ2n) is 1.95. The van der Waals surface area contributed by atoms with E-state index in [-0.39, 0.29) is 0 Å². The minimum Gasteiger partial charge on any atom is -0.366 e. The Labute approximate surface area is 62.8 Å². The molecule has 52 valence electrons. The molecule has 2 heterocycles. The summed E-state index contributed by atoms with van der Waals surface area (Å²) >= 11 is 1.61. The second-order valence-corrected chi connectivity index (χ2v) is 2.89. The summed E-state index contributed by atoms with van der Waals surface area (Å²) in [4.78, 5) is 4.00. The maximum absolute atomic E-state index is 5.37. The molecular formula is C5H6N4S. The van der Waals surface area contributed by atoms with Crippen LogP contribution in [0.1, 0.15) is 0 Å². The summed E-state index contributed by atoms with van der Waals surface area (Å²) in [6.07, 6.45) is 3.12. The fraction of sp³-hybridized carbons (Fsp3) is 0.400. The molecule has 4 nitrogen and oxygen atoms in total. The molecule has 0 amide bonds. The summed E-state index contributed by atoms with van der Waals surface area (Å²) < 4.78 is 1.75. The van der Waals surface area contributed by atoms with Crippen LogP contribution in [0.25, 0.3) is 0 Å². The van der Waals surface area contributed by atoms with Crippen molar-refractivity contribution in [3.05, 3.63) is 6.42 Å². The van der Waals surface area contributed by atoms with E-state index in [4.69, 9.17) is 5.73 Å². The number of nitrogen functional groups attached to an aromatic ring is 1. The molecule has 0 atom stereocenters. The van der Waals surface area contributed by atoms with Crippen LogP contribution in [-0.4, -0.2) is 20.5 Å². The lowest BCUT2D eigenvalue weighted by molar-refractivity contribution is 0.599. The molecule has 0 saturated heterocycles. The molecule has 1 aromatic rings. The highest BCUT2D eigenvalue weighted by Gasteiger charge is 2.12. The standard InChI is InChI=1S/C5H6N4S/c6-4-7-5-9(8-4)2-1-3-10-5/h2-3H2,(H2,6,8). The zero-order valence-corrected chi connectivity index (χ0v) is 6.06. The highest BCUT2D eigenvalue weighted by molar-refractivity contribution is 7.99. The van der Waals surface area contributed by atoms with E-state index in [1.165, 1.54) is 0 Å². The molecule has 2 radical (unpaired) electrons. The lowest BCUT2D eigenvalue weighted by Gasteiger charge is -2.08. The van der Waals surface area contributed by atoms with Gasteiger partial charge in [0, 0.05) is 12.2 Å². The Morgan fingerprint density at radius 3 is 3.40 bits per heavy atom. The predicted octanol–water partition coefficient (Wildman–Crippen LogP) is 0.0473. The Kier molecular flexibility index (Phi) is 1.30. The molecule has 1 aliphatic heterocycles. The molecule has 1 aliphatic rings. The van der Waals surface area contributed by atoms with E-state index in [9.17, 15) is 0 Å². The van der Waals surface area contributed by atoms with Gasteiger partial charge in [0.05, 0.1) is 6.54 Å². The molecule has 0 bridgehead atoms. The third kappa shape index (κ3) is 0.862. The second kappa shape index (κ2) is 2.16. The summed E-state index contributed by atoms with van der Waals surface area (Å²) in [5.41, 5.74) is 5.37. The number of rotatable bonds is 0. The van der Waals surface area contributed by atoms with Crippen LogP contribution in [0, 0.1) is 6.42 Å². The van der Waals surface area contributed by atoms with Gasteiger partial charge >= 0.3 is 0 Å². The van der Waals surface area contributed by atoms with Crippen LogP contribution in [0.15, 0.2) is 5.16 Å². The lowest BCUT2D eigenvalue weighted by Crippen LogP contribution is -2.08. The van der Waals surface area contributed by atoms with E-state index in [1.54, 1.807) is 16.4 Å². The Hall–Kier alpha value is -0.710. The molecule has 5 heteroatoms. The number of anilines is 1. The van der Waals surface area contributed by atoms with E-state index in [0.717, 1.165) is 10.9 Å². The minimum atomic E-state index is 0.353. The van der Waals surface area contributed by atoms with Gasteiger partial charge in [0.1, 0.15) is 0 Å². The van der Waals surface area contributed by atoms with E-state index < -0.39 is 0 Å². The third-order valence-electron chi connectivity index (χ3n) is 1.22. The molecule has 0 aromatic carbocycles. The summed E-state index contributed by atoms with van der Waals surface area (Å²) in [6, 6.07) is 0. The zero-order chi connectivity index (χ0) is 6.97. The molecule has 0 aliphatic carbocycles. The fourth-order valence-corrected chi connectivity index (χ4v) is 1.56. The van der Waals surface area contributed by atoms with Crippen LogP contribution in [0.2, 0.25) is 0 Å².